The van der Waals surface area contributed by atoms with E-state index in [0.717, 1.165) is 17.9 Å². The Morgan fingerprint density at radius 2 is 1.43 bits per heavy atom. The van der Waals surface area contributed by atoms with E-state index in [9.17, 15) is 28.8 Å². The summed E-state index contributed by atoms with van der Waals surface area (Å²) in [5.41, 5.74) is 5.73. The molecule has 51 heavy (non-hydrogen) atoms. The second-order valence-corrected chi connectivity index (χ2v) is 16.7. The molecule has 1 aliphatic heterocycles. The number of nitrogens with two attached hydrogens (primary N) is 1. The van der Waals surface area contributed by atoms with Crippen molar-refractivity contribution in [2.24, 2.45) is 5.73 Å². The molecule has 1 aliphatic rings. The van der Waals surface area contributed by atoms with E-state index >= 15 is 0 Å². The van der Waals surface area contributed by atoms with Gasteiger partial charge in [0.1, 0.15) is 41.8 Å². The molecule has 0 radical (unpaired) electrons. The molecule has 0 aromatic heterocycles. The molecule has 0 spiro atoms. The lowest BCUT2D eigenvalue weighted by molar-refractivity contribution is -0.142. The average molecular weight is 736 g/mol. The largest absolute Gasteiger partial charge is 0.468 e. The summed E-state index contributed by atoms with van der Waals surface area (Å²) in [6.07, 6.45) is 1.07. The van der Waals surface area contributed by atoms with Crippen LogP contribution in [0.3, 0.4) is 0 Å². The number of esters is 2. The van der Waals surface area contributed by atoms with Gasteiger partial charge in [-0.25, -0.2) is 0 Å². The van der Waals surface area contributed by atoms with Gasteiger partial charge in [-0.05, 0) is 42.8 Å². The van der Waals surface area contributed by atoms with Crippen LogP contribution < -0.4 is 32.3 Å². The van der Waals surface area contributed by atoms with E-state index in [4.69, 9.17) is 5.73 Å². The zero-order valence-corrected chi connectivity index (χ0v) is 30.4. The number of rotatable bonds is 18. The zero-order valence-electron chi connectivity index (χ0n) is 28.7. The standard InChI is InChI=1S/C37H43N4O8PS/c1-48-34(44)24-39-35(45)30(40-32(42)20-19-29(38)37(47)49-2)25-51-31-23-33(43)41(36(31)46)21-12-22-50(26-13-6-3-7-14-26,27-15-8-4-9-16-27)28-17-10-5-11-18-28/h3-11,13-18,29-31H,12,19-25,38H2,1-2H3,(H-,39,40,42,45)/p+1. The molecule has 270 valence electrons. The summed E-state index contributed by atoms with van der Waals surface area (Å²) < 4.78 is 9.16. The van der Waals surface area contributed by atoms with Gasteiger partial charge in [-0.2, -0.15) is 0 Å². The van der Waals surface area contributed by atoms with Gasteiger partial charge >= 0.3 is 11.9 Å². The highest BCUT2D eigenvalue weighted by atomic mass is 32.2. The lowest BCUT2D eigenvalue weighted by atomic mass is 10.1. The Labute approximate surface area is 302 Å². The topological polar surface area (TPSA) is 174 Å². The third kappa shape index (κ3) is 10.2. The van der Waals surface area contributed by atoms with E-state index < -0.39 is 54.9 Å². The first-order valence-corrected chi connectivity index (χ1v) is 19.6. The molecule has 1 heterocycles. The maximum Gasteiger partial charge on any atom is 0.325 e. The van der Waals surface area contributed by atoms with Crippen LogP contribution in [0.4, 0.5) is 0 Å². The summed E-state index contributed by atoms with van der Waals surface area (Å²) in [4.78, 5) is 77.1. The van der Waals surface area contributed by atoms with Crippen LogP contribution in [-0.2, 0) is 38.2 Å². The lowest BCUT2D eigenvalue weighted by Crippen LogP contribution is -2.50. The number of carbonyl (C=O) groups is 6. The van der Waals surface area contributed by atoms with Crippen LogP contribution in [0.5, 0.6) is 0 Å². The number of thioether (sulfide) groups is 1. The molecular formula is C37H44N4O8PS+. The minimum absolute atomic E-state index is 0.0187. The number of nitrogens with one attached hydrogen (secondary N) is 2. The van der Waals surface area contributed by atoms with Gasteiger partial charge in [-0.15, -0.1) is 11.8 Å². The lowest BCUT2D eigenvalue weighted by Gasteiger charge is -2.28. The van der Waals surface area contributed by atoms with Crippen molar-refractivity contribution in [3.8, 4) is 0 Å². The summed E-state index contributed by atoms with van der Waals surface area (Å²) in [6, 6.07) is 28.9. The van der Waals surface area contributed by atoms with Crippen molar-refractivity contribution in [3.63, 3.8) is 0 Å². The van der Waals surface area contributed by atoms with Crippen molar-refractivity contribution >= 4 is 70.5 Å². The summed E-state index contributed by atoms with van der Waals surface area (Å²) in [6.45, 7) is -0.184. The van der Waals surface area contributed by atoms with Gasteiger partial charge in [0, 0.05) is 31.6 Å². The van der Waals surface area contributed by atoms with Crippen molar-refractivity contribution in [3.05, 3.63) is 91.0 Å². The first-order valence-electron chi connectivity index (χ1n) is 16.6. The monoisotopic (exact) mass is 735 g/mol. The number of methoxy groups -OCH3 is 2. The first-order chi connectivity index (χ1) is 24.6. The van der Waals surface area contributed by atoms with Crippen LogP contribution in [0.25, 0.3) is 0 Å². The highest BCUT2D eigenvalue weighted by Gasteiger charge is 2.46. The van der Waals surface area contributed by atoms with Crippen LogP contribution in [0.1, 0.15) is 25.7 Å². The molecule has 4 rings (SSSR count). The Kier molecular flexibility index (Phi) is 14.7. The number of ether oxygens (including phenoxy) is 2. The molecular weight excluding hydrogens is 691 g/mol. The van der Waals surface area contributed by atoms with Gasteiger partial charge in [0.15, 0.2) is 0 Å². The van der Waals surface area contributed by atoms with E-state index in [1.54, 1.807) is 0 Å². The molecule has 0 bridgehead atoms. The molecule has 0 saturated carbocycles. The van der Waals surface area contributed by atoms with E-state index in [2.05, 4.69) is 56.5 Å². The SMILES string of the molecule is COC(=O)CNC(=O)C(CSC1CC(=O)N(CCC[P+](c2ccccc2)(c2ccccc2)c2ccccc2)C1=O)NC(=O)CCC(N)C(=O)OC. The maximum atomic E-state index is 13.6. The molecule has 3 aromatic carbocycles. The van der Waals surface area contributed by atoms with Crippen LogP contribution in [0, 0.1) is 0 Å². The van der Waals surface area contributed by atoms with Crippen LogP contribution in [0.2, 0.25) is 0 Å². The number of hydrogen-bond acceptors (Lipinski definition) is 10. The Morgan fingerprint density at radius 1 is 0.882 bits per heavy atom. The summed E-state index contributed by atoms with van der Waals surface area (Å²) >= 11 is 1.08. The number of benzene rings is 3. The number of amides is 4. The fourth-order valence-electron chi connectivity index (χ4n) is 5.94. The summed E-state index contributed by atoms with van der Waals surface area (Å²) in [7, 11) is 0.206. The molecule has 1 saturated heterocycles. The summed E-state index contributed by atoms with van der Waals surface area (Å²) in [5, 5.41) is 7.88. The highest BCUT2D eigenvalue weighted by Crippen LogP contribution is 2.55. The fourth-order valence-corrected chi connectivity index (χ4v) is 11.5. The van der Waals surface area contributed by atoms with Crippen molar-refractivity contribution in [1.82, 2.24) is 15.5 Å². The minimum atomic E-state index is -2.16. The predicted molar refractivity (Wildman–Crippen MR) is 198 cm³/mol. The Bertz CT molecular complexity index is 1570. The molecule has 14 heteroatoms. The van der Waals surface area contributed by atoms with Crippen molar-refractivity contribution in [1.29, 1.82) is 0 Å². The number of imide groups is 1. The zero-order chi connectivity index (χ0) is 36.8. The van der Waals surface area contributed by atoms with Crippen LogP contribution in [0.15, 0.2) is 91.0 Å². The van der Waals surface area contributed by atoms with Gasteiger partial charge in [0.05, 0.1) is 25.6 Å². The van der Waals surface area contributed by atoms with Crippen LogP contribution >= 0.6 is 19.0 Å². The van der Waals surface area contributed by atoms with E-state index in [0.29, 0.717) is 6.42 Å². The minimum Gasteiger partial charge on any atom is -0.468 e. The quantitative estimate of drug-likeness (QED) is 0.0982. The molecule has 3 atom stereocenters. The van der Waals surface area contributed by atoms with Crippen LogP contribution in [-0.4, -0.2) is 97.0 Å². The number of hydrogen-bond donors (Lipinski definition) is 3. The number of nitrogens with zero attached hydrogens (tertiary/aromatic N) is 1. The second-order valence-electron chi connectivity index (χ2n) is 11.9. The molecule has 12 nitrogen and oxygen atoms in total. The predicted octanol–water partition coefficient (Wildman–Crippen LogP) is 1.29. The maximum absolute atomic E-state index is 13.6. The Balaban J connectivity index is 1.44. The smallest absolute Gasteiger partial charge is 0.325 e. The summed E-state index contributed by atoms with van der Waals surface area (Å²) in [5.74, 6) is -3.29. The van der Waals surface area contributed by atoms with Crippen molar-refractivity contribution in [2.45, 2.75) is 43.0 Å². The number of carbonyl (C=O) groups excluding carboxylic acids is 6. The molecule has 0 aliphatic carbocycles. The van der Waals surface area contributed by atoms with E-state index in [-0.39, 0.29) is 43.4 Å². The first kappa shape index (κ1) is 39.2. The van der Waals surface area contributed by atoms with Gasteiger partial charge in [-0.1, -0.05) is 54.6 Å². The van der Waals surface area contributed by atoms with E-state index in [1.165, 1.54) is 35.0 Å². The van der Waals surface area contributed by atoms with E-state index in [1.807, 2.05) is 54.6 Å². The third-order valence-corrected chi connectivity index (χ3v) is 14.4. The van der Waals surface area contributed by atoms with Crippen molar-refractivity contribution in [2.75, 3.05) is 39.2 Å². The Morgan fingerprint density at radius 3 is 1.94 bits per heavy atom. The normalized spacial score (nSPS) is 15.5. The van der Waals surface area contributed by atoms with Crippen molar-refractivity contribution < 1.29 is 38.2 Å². The molecule has 4 amide bonds. The molecule has 3 aromatic rings. The average Bonchev–Trinajstić information content (AvgIpc) is 3.44. The highest BCUT2D eigenvalue weighted by molar-refractivity contribution is 8.00. The van der Waals surface area contributed by atoms with Gasteiger partial charge < -0.3 is 25.8 Å². The van der Waals surface area contributed by atoms with Gasteiger partial charge in [0.2, 0.25) is 23.6 Å². The molecule has 1 fully saturated rings. The second kappa shape index (κ2) is 19.1. The molecule has 3 unspecified atom stereocenters. The fraction of sp³-hybridized carbons (Fsp3) is 0.351. The van der Waals surface area contributed by atoms with Gasteiger partial charge in [-0.3, -0.25) is 33.7 Å². The Hall–Kier alpha value is -4.58. The number of likely N-dealkylation sites (tertiary alicyclic amines) is 1. The molecule has 4 N–H and O–H groups in total. The van der Waals surface area contributed by atoms with Gasteiger partial charge in [0.25, 0.3) is 0 Å². The third-order valence-electron chi connectivity index (χ3n) is 8.61.